The van der Waals surface area contributed by atoms with E-state index in [1.54, 1.807) is 6.07 Å². The maximum Gasteiger partial charge on any atom is 0.418 e. The van der Waals surface area contributed by atoms with E-state index < -0.39 is 30.0 Å². The van der Waals surface area contributed by atoms with Crippen molar-refractivity contribution in [2.45, 2.75) is 32.0 Å². The van der Waals surface area contributed by atoms with Gasteiger partial charge >= 0.3 is 12.1 Å². The first-order valence-corrected chi connectivity index (χ1v) is 11.9. The van der Waals surface area contributed by atoms with E-state index in [2.05, 4.69) is 15.3 Å². The molecular formula is C23H18ClF3N4O3S. The SMILES string of the molecule is O=C(O)CCC(=O)Nc1cc(C(F)(F)F)c2nc(N3CCc4c([nH]c5ccc(Cl)cc45)C3)sc2c1. The highest BCUT2D eigenvalue weighted by Gasteiger charge is 2.35. The highest BCUT2D eigenvalue weighted by Crippen LogP contribution is 2.41. The Balaban J connectivity index is 1.47. The van der Waals surface area contributed by atoms with Crippen molar-refractivity contribution in [2.24, 2.45) is 0 Å². The van der Waals surface area contributed by atoms with Crippen molar-refractivity contribution < 1.29 is 27.9 Å². The summed E-state index contributed by atoms with van der Waals surface area (Å²) in [5.74, 6) is -1.84. The second-order valence-corrected chi connectivity index (χ2v) is 9.70. The summed E-state index contributed by atoms with van der Waals surface area (Å²) in [5.41, 5.74) is 1.87. The fraction of sp³-hybridized carbons (Fsp3) is 0.261. The summed E-state index contributed by atoms with van der Waals surface area (Å²) in [4.78, 5) is 32.3. The van der Waals surface area contributed by atoms with Gasteiger partial charge in [0, 0.05) is 40.3 Å². The number of aromatic amines is 1. The normalized spacial score (nSPS) is 13.9. The summed E-state index contributed by atoms with van der Waals surface area (Å²) in [7, 11) is 0. The van der Waals surface area contributed by atoms with E-state index in [9.17, 15) is 22.8 Å². The van der Waals surface area contributed by atoms with E-state index >= 15 is 0 Å². The highest BCUT2D eigenvalue weighted by molar-refractivity contribution is 7.22. The topological polar surface area (TPSA) is 98.3 Å². The summed E-state index contributed by atoms with van der Waals surface area (Å²) in [5, 5.41) is 13.2. The molecular weight excluding hydrogens is 505 g/mol. The molecule has 4 aromatic rings. The lowest BCUT2D eigenvalue weighted by Crippen LogP contribution is -2.30. The number of thiazole rings is 1. The number of aliphatic carboxylic acids is 1. The van der Waals surface area contributed by atoms with Gasteiger partial charge in [-0.25, -0.2) is 4.98 Å². The largest absolute Gasteiger partial charge is 0.481 e. The van der Waals surface area contributed by atoms with E-state index in [-0.39, 0.29) is 22.3 Å². The molecule has 3 N–H and O–H groups in total. The lowest BCUT2D eigenvalue weighted by molar-refractivity contribution is -0.138. The average molecular weight is 523 g/mol. The van der Waals surface area contributed by atoms with Gasteiger partial charge in [0.15, 0.2) is 5.13 Å². The smallest absolute Gasteiger partial charge is 0.418 e. The molecule has 7 nitrogen and oxygen atoms in total. The number of rotatable bonds is 5. The lowest BCUT2D eigenvalue weighted by atomic mass is 10.0. The van der Waals surface area contributed by atoms with E-state index in [0.29, 0.717) is 29.7 Å². The minimum Gasteiger partial charge on any atom is -0.481 e. The third kappa shape index (κ3) is 4.65. The Morgan fingerprint density at radius 2 is 2.03 bits per heavy atom. The summed E-state index contributed by atoms with van der Waals surface area (Å²) in [6.45, 7) is 1.04. The standard InChI is InChI=1S/C23H18ClF3N4O3S/c24-11-1-2-16-14(7-11)13-5-6-31(10-17(13)29-16)22-30-21-15(23(25,26)27)8-12(9-18(21)35-22)28-19(32)3-4-20(33)34/h1-2,7-9,29H,3-6,10H2,(H,28,32)(H,33,34). The predicted octanol–water partition coefficient (Wildman–Crippen LogP) is 5.82. The number of hydrogen-bond acceptors (Lipinski definition) is 5. The van der Waals surface area contributed by atoms with Gasteiger partial charge in [-0.15, -0.1) is 0 Å². The van der Waals surface area contributed by atoms with Gasteiger partial charge in [0.1, 0.15) is 0 Å². The molecule has 5 rings (SSSR count). The van der Waals surface area contributed by atoms with Crippen LogP contribution in [0.4, 0.5) is 24.0 Å². The van der Waals surface area contributed by atoms with Gasteiger partial charge in [0.25, 0.3) is 0 Å². The Labute approximate surface area is 205 Å². The zero-order chi connectivity index (χ0) is 24.9. The molecule has 0 bridgehead atoms. The van der Waals surface area contributed by atoms with Gasteiger partial charge < -0.3 is 20.3 Å². The number of nitrogens with one attached hydrogen (secondary N) is 2. The summed E-state index contributed by atoms with van der Waals surface area (Å²) in [6, 6.07) is 7.88. The van der Waals surface area contributed by atoms with Crippen molar-refractivity contribution in [2.75, 3.05) is 16.8 Å². The fourth-order valence-corrected chi connectivity index (χ4v) is 5.49. The molecule has 0 saturated carbocycles. The van der Waals surface area contributed by atoms with Gasteiger partial charge in [0.2, 0.25) is 5.91 Å². The van der Waals surface area contributed by atoms with Gasteiger partial charge in [-0.1, -0.05) is 22.9 Å². The van der Waals surface area contributed by atoms with Gasteiger partial charge in [0.05, 0.1) is 28.7 Å². The van der Waals surface area contributed by atoms with Crippen LogP contribution in [0.2, 0.25) is 5.02 Å². The van der Waals surface area contributed by atoms with E-state index in [1.807, 2.05) is 17.0 Å². The number of nitrogens with zero attached hydrogens (tertiary/aromatic N) is 2. The summed E-state index contributed by atoms with van der Waals surface area (Å²) >= 11 is 7.25. The molecule has 0 spiro atoms. The number of benzene rings is 2. The Bertz CT molecular complexity index is 1480. The van der Waals surface area contributed by atoms with Crippen LogP contribution in [0.1, 0.15) is 29.7 Å². The van der Waals surface area contributed by atoms with Crippen LogP contribution < -0.4 is 10.2 Å². The predicted molar refractivity (Wildman–Crippen MR) is 128 cm³/mol. The van der Waals surface area contributed by atoms with Crippen molar-refractivity contribution in [3.63, 3.8) is 0 Å². The maximum absolute atomic E-state index is 13.8. The molecule has 3 heterocycles. The van der Waals surface area contributed by atoms with Crippen molar-refractivity contribution in [1.29, 1.82) is 0 Å². The van der Waals surface area contributed by atoms with Crippen LogP contribution in [-0.4, -0.2) is 33.5 Å². The molecule has 2 aromatic carbocycles. The first kappa shape index (κ1) is 23.4. The first-order valence-electron chi connectivity index (χ1n) is 10.7. The van der Waals surface area contributed by atoms with Crippen LogP contribution in [0.5, 0.6) is 0 Å². The lowest BCUT2D eigenvalue weighted by Gasteiger charge is -2.26. The summed E-state index contributed by atoms with van der Waals surface area (Å²) < 4.78 is 41.8. The van der Waals surface area contributed by atoms with Crippen LogP contribution in [0.25, 0.3) is 21.1 Å². The van der Waals surface area contributed by atoms with Crippen LogP contribution in [0.3, 0.4) is 0 Å². The second-order valence-electron chi connectivity index (χ2n) is 8.25. The number of alkyl halides is 3. The second kappa shape index (κ2) is 8.72. The molecule has 12 heteroatoms. The number of carbonyl (C=O) groups is 2. The highest BCUT2D eigenvalue weighted by atomic mass is 35.5. The number of fused-ring (bicyclic) bond motifs is 4. The summed E-state index contributed by atoms with van der Waals surface area (Å²) in [6.07, 6.45) is -4.75. The fourth-order valence-electron chi connectivity index (χ4n) is 4.26. The number of carbonyl (C=O) groups excluding carboxylic acids is 1. The van der Waals surface area contributed by atoms with Crippen molar-refractivity contribution in [3.05, 3.63) is 52.2 Å². The monoisotopic (exact) mass is 522 g/mol. The average Bonchev–Trinajstić information content (AvgIpc) is 3.37. The molecule has 2 aromatic heterocycles. The first-order chi connectivity index (χ1) is 16.6. The molecule has 1 aliphatic heterocycles. The van der Waals surface area contributed by atoms with Crippen LogP contribution in [0.15, 0.2) is 30.3 Å². The number of amides is 1. The maximum atomic E-state index is 13.8. The van der Waals surface area contributed by atoms with E-state index in [1.165, 1.54) is 6.07 Å². The van der Waals surface area contributed by atoms with Crippen molar-refractivity contribution in [1.82, 2.24) is 9.97 Å². The molecule has 0 unspecified atom stereocenters. The number of carboxylic acids is 1. The third-order valence-electron chi connectivity index (χ3n) is 5.85. The molecule has 0 saturated heterocycles. The molecule has 0 atom stereocenters. The Hall–Kier alpha value is -3.31. The molecule has 1 amide bonds. The Kier molecular flexibility index (Phi) is 5.84. The van der Waals surface area contributed by atoms with Crippen LogP contribution in [0, 0.1) is 0 Å². The number of hydrogen-bond donors (Lipinski definition) is 3. The quantitative estimate of drug-likeness (QED) is 0.307. The van der Waals surface area contributed by atoms with Crippen LogP contribution in [-0.2, 0) is 28.7 Å². The molecule has 1 aliphatic rings. The Morgan fingerprint density at radius 3 is 2.77 bits per heavy atom. The zero-order valence-corrected chi connectivity index (χ0v) is 19.6. The van der Waals surface area contributed by atoms with Gasteiger partial charge in [-0.05, 0) is 42.3 Å². The van der Waals surface area contributed by atoms with E-state index in [0.717, 1.165) is 39.6 Å². The van der Waals surface area contributed by atoms with E-state index in [4.69, 9.17) is 16.7 Å². The molecule has 0 aliphatic carbocycles. The van der Waals surface area contributed by atoms with Crippen LogP contribution >= 0.6 is 22.9 Å². The zero-order valence-electron chi connectivity index (χ0n) is 18.0. The molecule has 0 fully saturated rings. The number of anilines is 2. The van der Waals surface area contributed by atoms with Crippen molar-refractivity contribution in [3.8, 4) is 0 Å². The minimum absolute atomic E-state index is 0.0520. The molecule has 0 radical (unpaired) electrons. The number of carboxylic acid groups (broad SMARTS) is 1. The number of H-pyrrole nitrogens is 1. The third-order valence-corrected chi connectivity index (χ3v) is 7.14. The number of aromatic nitrogens is 2. The molecule has 35 heavy (non-hydrogen) atoms. The van der Waals surface area contributed by atoms with Crippen molar-refractivity contribution >= 4 is 66.8 Å². The van der Waals surface area contributed by atoms with Gasteiger partial charge in [-0.3, -0.25) is 9.59 Å². The number of halogens is 4. The minimum atomic E-state index is -4.68. The molecule has 182 valence electrons. The van der Waals surface area contributed by atoms with Gasteiger partial charge in [-0.2, -0.15) is 13.2 Å². The Morgan fingerprint density at radius 1 is 1.23 bits per heavy atom.